The summed E-state index contributed by atoms with van der Waals surface area (Å²) in [7, 11) is -4.41. The SMILES string of the molecule is C=CC(=O)NCC(C)(C)S(=O)(=O)[O-].[K+]. The molecule has 0 unspecified atom stereocenters. The maximum Gasteiger partial charge on any atom is 1.00 e. The minimum atomic E-state index is -4.41. The maximum atomic E-state index is 10.7. The normalized spacial score (nSPS) is 11.4. The molecular formula is C7H12KNO4S. The topological polar surface area (TPSA) is 86.3 Å². The third kappa shape index (κ3) is 5.59. The molecule has 0 saturated heterocycles. The number of carbonyl (C=O) groups excluding carboxylic acids is 1. The molecule has 0 spiro atoms. The molecule has 0 heterocycles. The Morgan fingerprint density at radius 1 is 1.57 bits per heavy atom. The standard InChI is InChI=1S/C7H13NO4S.K/c1-4-6(9)8-5-7(2,3)13(10,11)12;/h4H,1,5H2,2-3H3,(H,8,9)(H,10,11,12);/q;+1/p-1. The Labute approximate surface area is 127 Å². The van der Waals surface area contributed by atoms with Gasteiger partial charge in [-0.1, -0.05) is 6.58 Å². The molecule has 0 aromatic heterocycles. The van der Waals surface area contributed by atoms with Gasteiger partial charge < -0.3 is 9.87 Å². The summed E-state index contributed by atoms with van der Waals surface area (Å²) in [5.41, 5.74) is 0. The molecule has 5 nitrogen and oxygen atoms in total. The van der Waals surface area contributed by atoms with Crippen molar-refractivity contribution in [2.45, 2.75) is 18.6 Å². The van der Waals surface area contributed by atoms with Crippen LogP contribution < -0.4 is 56.7 Å². The first-order chi connectivity index (χ1) is 5.70. The van der Waals surface area contributed by atoms with Gasteiger partial charge in [-0.15, -0.1) is 0 Å². The Hall–Kier alpha value is 0.756. The van der Waals surface area contributed by atoms with E-state index in [-0.39, 0.29) is 57.9 Å². The summed E-state index contributed by atoms with van der Waals surface area (Å²) in [5, 5.41) is 2.24. The van der Waals surface area contributed by atoms with Gasteiger partial charge in [0.25, 0.3) is 0 Å². The second-order valence-electron chi connectivity index (χ2n) is 3.14. The van der Waals surface area contributed by atoms with Crippen LogP contribution in [-0.4, -0.2) is 30.2 Å². The van der Waals surface area contributed by atoms with E-state index >= 15 is 0 Å². The first kappa shape index (κ1) is 17.2. The fraction of sp³-hybridized carbons (Fsp3) is 0.571. The number of hydrogen-bond donors (Lipinski definition) is 1. The number of rotatable bonds is 4. The van der Waals surface area contributed by atoms with Crippen LogP contribution in [0.1, 0.15) is 13.8 Å². The van der Waals surface area contributed by atoms with E-state index in [0.29, 0.717) is 0 Å². The van der Waals surface area contributed by atoms with Gasteiger partial charge in [0, 0.05) is 6.54 Å². The Bertz CT molecular complexity index is 310. The number of nitrogens with one attached hydrogen (secondary N) is 1. The third-order valence-electron chi connectivity index (χ3n) is 1.55. The van der Waals surface area contributed by atoms with Crippen molar-refractivity contribution in [1.82, 2.24) is 5.32 Å². The number of amides is 1. The summed E-state index contributed by atoms with van der Waals surface area (Å²) in [5.74, 6) is -0.503. The summed E-state index contributed by atoms with van der Waals surface area (Å²) < 4.78 is 30.4. The molecule has 1 N–H and O–H groups in total. The van der Waals surface area contributed by atoms with Crippen LogP contribution in [0.3, 0.4) is 0 Å². The Morgan fingerprint density at radius 3 is 2.29 bits per heavy atom. The fourth-order valence-corrected chi connectivity index (χ4v) is 0.709. The summed E-state index contributed by atoms with van der Waals surface area (Å²) in [6, 6.07) is 0. The smallest absolute Gasteiger partial charge is 0.747 e. The van der Waals surface area contributed by atoms with Gasteiger partial charge in [-0.25, -0.2) is 8.42 Å². The molecule has 14 heavy (non-hydrogen) atoms. The second-order valence-corrected chi connectivity index (χ2v) is 5.15. The quantitative estimate of drug-likeness (QED) is 0.318. The van der Waals surface area contributed by atoms with E-state index in [1.54, 1.807) is 0 Å². The van der Waals surface area contributed by atoms with Gasteiger partial charge in [0.05, 0.1) is 4.75 Å². The van der Waals surface area contributed by atoms with Crippen molar-refractivity contribution in [3.63, 3.8) is 0 Å². The van der Waals surface area contributed by atoms with Crippen molar-refractivity contribution in [3.05, 3.63) is 12.7 Å². The minimum absolute atomic E-state index is 0. The van der Waals surface area contributed by atoms with E-state index in [2.05, 4.69) is 11.9 Å². The average molecular weight is 245 g/mol. The average Bonchev–Trinajstić information content (AvgIpc) is 1.98. The van der Waals surface area contributed by atoms with Crippen molar-refractivity contribution < 1.29 is 69.1 Å². The predicted octanol–water partition coefficient (Wildman–Crippen LogP) is -3.38. The summed E-state index contributed by atoms with van der Waals surface area (Å²) in [6.45, 7) is 5.46. The molecule has 0 aromatic carbocycles. The van der Waals surface area contributed by atoms with Crippen LogP contribution in [0.15, 0.2) is 12.7 Å². The van der Waals surface area contributed by atoms with Gasteiger partial charge in [-0.3, -0.25) is 4.79 Å². The second kappa shape index (κ2) is 6.36. The molecule has 0 radical (unpaired) electrons. The van der Waals surface area contributed by atoms with E-state index in [1.165, 1.54) is 13.8 Å². The van der Waals surface area contributed by atoms with Crippen LogP contribution in [0, 0.1) is 0 Å². The van der Waals surface area contributed by atoms with Gasteiger partial charge in [0.2, 0.25) is 5.91 Å². The first-order valence-electron chi connectivity index (χ1n) is 3.56. The molecule has 1 amide bonds. The zero-order valence-corrected chi connectivity index (χ0v) is 12.5. The molecule has 0 rings (SSSR count). The molecule has 0 atom stereocenters. The Morgan fingerprint density at radius 2 is 2.00 bits per heavy atom. The largest absolute Gasteiger partial charge is 1.00 e. The van der Waals surface area contributed by atoms with E-state index in [0.717, 1.165) is 6.08 Å². The number of carbonyl (C=O) groups is 1. The van der Waals surface area contributed by atoms with Gasteiger partial charge >= 0.3 is 51.4 Å². The molecule has 0 aliphatic heterocycles. The fourth-order valence-electron chi connectivity index (χ4n) is 0.461. The minimum Gasteiger partial charge on any atom is -0.747 e. The van der Waals surface area contributed by atoms with Crippen LogP contribution in [0.5, 0.6) is 0 Å². The van der Waals surface area contributed by atoms with E-state index < -0.39 is 20.8 Å². The van der Waals surface area contributed by atoms with Gasteiger partial charge in [0.1, 0.15) is 10.1 Å². The maximum absolute atomic E-state index is 10.7. The van der Waals surface area contributed by atoms with Crippen molar-refractivity contribution in [3.8, 4) is 0 Å². The van der Waals surface area contributed by atoms with Gasteiger partial charge in [0.15, 0.2) is 0 Å². The zero-order chi connectivity index (χ0) is 10.7. The zero-order valence-electron chi connectivity index (χ0n) is 8.53. The number of hydrogen-bond acceptors (Lipinski definition) is 4. The summed E-state index contributed by atoms with van der Waals surface area (Å²) >= 11 is 0. The molecule has 7 heteroatoms. The van der Waals surface area contributed by atoms with Gasteiger partial charge in [-0.2, -0.15) is 0 Å². The van der Waals surface area contributed by atoms with Crippen LogP contribution in [0.25, 0.3) is 0 Å². The van der Waals surface area contributed by atoms with E-state index in [4.69, 9.17) is 0 Å². The summed E-state index contributed by atoms with van der Waals surface area (Å²) in [4.78, 5) is 10.7. The molecule has 0 aliphatic carbocycles. The van der Waals surface area contributed by atoms with Crippen molar-refractivity contribution >= 4 is 16.0 Å². The van der Waals surface area contributed by atoms with Crippen LogP contribution in [0.4, 0.5) is 0 Å². The Balaban J connectivity index is 0. The Kier molecular flexibility index (Phi) is 7.80. The van der Waals surface area contributed by atoms with Crippen molar-refractivity contribution in [2.24, 2.45) is 0 Å². The van der Waals surface area contributed by atoms with Gasteiger partial charge in [-0.05, 0) is 19.9 Å². The molecule has 76 valence electrons. The van der Waals surface area contributed by atoms with Crippen LogP contribution in [-0.2, 0) is 14.9 Å². The van der Waals surface area contributed by atoms with Crippen LogP contribution in [0.2, 0.25) is 0 Å². The molecule has 0 aliphatic rings. The molecule has 0 bridgehead atoms. The van der Waals surface area contributed by atoms with Crippen LogP contribution >= 0.6 is 0 Å². The van der Waals surface area contributed by atoms with Crippen molar-refractivity contribution in [2.75, 3.05) is 6.54 Å². The third-order valence-corrected chi connectivity index (χ3v) is 3.05. The monoisotopic (exact) mass is 245 g/mol. The van der Waals surface area contributed by atoms with E-state index in [9.17, 15) is 17.8 Å². The predicted molar refractivity (Wildman–Crippen MR) is 47.0 cm³/mol. The summed E-state index contributed by atoms with van der Waals surface area (Å²) in [6.07, 6.45) is 1.01. The molecule has 0 saturated carbocycles. The molecule has 0 aromatic rings. The first-order valence-corrected chi connectivity index (χ1v) is 4.97. The van der Waals surface area contributed by atoms with E-state index in [1.807, 2.05) is 0 Å². The molecular weight excluding hydrogens is 233 g/mol. The molecule has 0 fully saturated rings. The van der Waals surface area contributed by atoms with Crippen molar-refractivity contribution in [1.29, 1.82) is 0 Å².